The number of halogens is 2. The number of amides is 1. The Balaban J connectivity index is 1.98. The molecule has 0 spiro atoms. The first kappa shape index (κ1) is 15.3. The van der Waals surface area contributed by atoms with Gasteiger partial charge in [-0.25, -0.2) is 4.39 Å². The number of nitrogens with one attached hydrogen (secondary N) is 1. The van der Waals surface area contributed by atoms with Crippen LogP contribution in [-0.2, 0) is 0 Å². The number of hydrogen-bond acceptors (Lipinski definition) is 2. The molecule has 1 aliphatic rings. The molecule has 1 amide bonds. The Labute approximate surface area is 124 Å². The quantitative estimate of drug-likeness (QED) is 0.927. The molecular formula is C15H20ClFN2O. The largest absolute Gasteiger partial charge is 0.338 e. The highest BCUT2D eigenvalue weighted by atomic mass is 35.5. The maximum absolute atomic E-state index is 13.8. The lowest BCUT2D eigenvalue weighted by Crippen LogP contribution is -2.41. The number of rotatable bonds is 4. The van der Waals surface area contributed by atoms with Gasteiger partial charge in [-0.1, -0.05) is 24.6 Å². The van der Waals surface area contributed by atoms with Crippen molar-refractivity contribution in [3.63, 3.8) is 0 Å². The van der Waals surface area contributed by atoms with Gasteiger partial charge in [0.25, 0.3) is 5.91 Å². The topological polar surface area (TPSA) is 32.3 Å². The molecule has 110 valence electrons. The van der Waals surface area contributed by atoms with Gasteiger partial charge in [-0.15, -0.1) is 0 Å². The molecule has 0 aliphatic carbocycles. The molecule has 1 N–H and O–H groups in total. The number of nitrogens with zero attached hydrogens (tertiary/aromatic N) is 1. The van der Waals surface area contributed by atoms with Gasteiger partial charge in [0.2, 0.25) is 0 Å². The SMILES string of the molecule is CCNCC1CCN(C(=O)c2c(F)cccc2Cl)CC1. The van der Waals surface area contributed by atoms with E-state index in [1.54, 1.807) is 11.0 Å². The van der Waals surface area contributed by atoms with Crippen molar-refractivity contribution < 1.29 is 9.18 Å². The highest BCUT2D eigenvalue weighted by Gasteiger charge is 2.26. The van der Waals surface area contributed by atoms with E-state index < -0.39 is 5.82 Å². The molecule has 5 heteroatoms. The predicted octanol–water partition coefficient (Wildman–Crippen LogP) is 2.94. The molecule has 3 nitrogen and oxygen atoms in total. The molecule has 20 heavy (non-hydrogen) atoms. The predicted molar refractivity (Wildman–Crippen MR) is 78.6 cm³/mol. The molecule has 2 rings (SSSR count). The van der Waals surface area contributed by atoms with Gasteiger partial charge in [0, 0.05) is 13.1 Å². The number of benzene rings is 1. The van der Waals surface area contributed by atoms with E-state index >= 15 is 0 Å². The van der Waals surface area contributed by atoms with Crippen LogP contribution in [0.1, 0.15) is 30.1 Å². The Bertz CT molecular complexity index is 453. The molecule has 0 saturated carbocycles. The average molecular weight is 299 g/mol. The van der Waals surface area contributed by atoms with Crippen LogP contribution in [0.15, 0.2) is 18.2 Å². The highest BCUT2D eigenvalue weighted by Crippen LogP contribution is 2.24. The van der Waals surface area contributed by atoms with Gasteiger partial charge in [-0.3, -0.25) is 4.79 Å². The van der Waals surface area contributed by atoms with E-state index in [1.807, 2.05) is 0 Å². The molecule has 1 heterocycles. The molecule has 1 aliphatic heterocycles. The third-order valence-corrected chi connectivity index (χ3v) is 4.08. The van der Waals surface area contributed by atoms with Crippen molar-refractivity contribution in [1.29, 1.82) is 0 Å². The Kier molecular flexibility index (Phi) is 5.38. The van der Waals surface area contributed by atoms with Crippen molar-refractivity contribution in [1.82, 2.24) is 10.2 Å². The molecule has 0 atom stereocenters. The second-order valence-electron chi connectivity index (χ2n) is 5.14. The summed E-state index contributed by atoms with van der Waals surface area (Å²) >= 11 is 5.94. The lowest BCUT2D eigenvalue weighted by Gasteiger charge is -2.32. The lowest BCUT2D eigenvalue weighted by atomic mass is 9.96. The molecule has 0 aromatic heterocycles. The summed E-state index contributed by atoms with van der Waals surface area (Å²) in [7, 11) is 0. The van der Waals surface area contributed by atoms with Gasteiger partial charge >= 0.3 is 0 Å². The van der Waals surface area contributed by atoms with Gasteiger partial charge < -0.3 is 10.2 Å². The van der Waals surface area contributed by atoms with E-state index in [9.17, 15) is 9.18 Å². The number of hydrogen-bond donors (Lipinski definition) is 1. The number of carbonyl (C=O) groups is 1. The Hall–Kier alpha value is -1.13. The summed E-state index contributed by atoms with van der Waals surface area (Å²) in [4.78, 5) is 14.0. The molecule has 0 bridgehead atoms. The second kappa shape index (κ2) is 7.04. The van der Waals surface area contributed by atoms with Gasteiger partial charge in [0.05, 0.1) is 10.6 Å². The molecule has 1 aromatic carbocycles. The third kappa shape index (κ3) is 3.49. The van der Waals surface area contributed by atoms with Crippen molar-refractivity contribution in [2.45, 2.75) is 19.8 Å². The maximum Gasteiger partial charge on any atom is 0.258 e. The van der Waals surface area contributed by atoms with Crippen molar-refractivity contribution in [2.75, 3.05) is 26.2 Å². The Morgan fingerprint density at radius 3 is 2.75 bits per heavy atom. The first-order valence-corrected chi connectivity index (χ1v) is 7.45. The maximum atomic E-state index is 13.8. The van der Waals surface area contributed by atoms with Gasteiger partial charge in [-0.05, 0) is 44.0 Å². The molecular weight excluding hydrogens is 279 g/mol. The second-order valence-corrected chi connectivity index (χ2v) is 5.55. The summed E-state index contributed by atoms with van der Waals surface area (Å²) in [6, 6.07) is 4.34. The normalized spacial score (nSPS) is 16.4. The van der Waals surface area contributed by atoms with Gasteiger partial charge in [0.15, 0.2) is 0 Å². The smallest absolute Gasteiger partial charge is 0.258 e. The lowest BCUT2D eigenvalue weighted by molar-refractivity contribution is 0.0686. The van der Waals surface area contributed by atoms with Crippen LogP contribution in [0.3, 0.4) is 0 Å². The van der Waals surface area contributed by atoms with E-state index in [2.05, 4.69) is 12.2 Å². The van der Waals surface area contributed by atoms with E-state index in [4.69, 9.17) is 11.6 Å². The van der Waals surface area contributed by atoms with Crippen molar-refractivity contribution in [2.24, 2.45) is 5.92 Å². The summed E-state index contributed by atoms with van der Waals surface area (Å²) in [5.41, 5.74) is -0.000648. The summed E-state index contributed by atoms with van der Waals surface area (Å²) in [5, 5.41) is 3.51. The summed E-state index contributed by atoms with van der Waals surface area (Å²) < 4.78 is 13.8. The van der Waals surface area contributed by atoms with E-state index in [0.717, 1.165) is 25.9 Å². The summed E-state index contributed by atoms with van der Waals surface area (Å²) in [6.45, 7) is 5.36. The first-order chi connectivity index (χ1) is 9.63. The van der Waals surface area contributed by atoms with Crippen molar-refractivity contribution >= 4 is 17.5 Å². The summed E-state index contributed by atoms with van der Waals surface area (Å²) in [6.07, 6.45) is 1.90. The van der Waals surface area contributed by atoms with E-state index in [0.29, 0.717) is 19.0 Å². The molecule has 1 saturated heterocycles. The van der Waals surface area contributed by atoms with Crippen LogP contribution in [0.5, 0.6) is 0 Å². The first-order valence-electron chi connectivity index (χ1n) is 7.07. The number of carbonyl (C=O) groups excluding carboxylic acids is 1. The fraction of sp³-hybridized carbons (Fsp3) is 0.533. The fourth-order valence-electron chi connectivity index (χ4n) is 2.55. The molecule has 0 radical (unpaired) electrons. The number of piperidine rings is 1. The molecule has 0 unspecified atom stereocenters. The molecule has 1 fully saturated rings. The van der Waals surface area contributed by atoms with Crippen molar-refractivity contribution in [3.8, 4) is 0 Å². The van der Waals surface area contributed by atoms with Gasteiger partial charge in [0.1, 0.15) is 5.82 Å². The van der Waals surface area contributed by atoms with E-state index in [1.165, 1.54) is 12.1 Å². The third-order valence-electron chi connectivity index (χ3n) is 3.76. The van der Waals surface area contributed by atoms with Crippen LogP contribution in [0.4, 0.5) is 4.39 Å². The fourth-order valence-corrected chi connectivity index (χ4v) is 2.79. The average Bonchev–Trinajstić information content (AvgIpc) is 2.45. The molecule has 1 aromatic rings. The summed E-state index contributed by atoms with van der Waals surface area (Å²) in [5.74, 6) is -0.248. The van der Waals surface area contributed by atoms with Gasteiger partial charge in [-0.2, -0.15) is 0 Å². The van der Waals surface area contributed by atoms with Crippen LogP contribution in [0, 0.1) is 11.7 Å². The minimum absolute atomic E-state index is 0.000648. The zero-order chi connectivity index (χ0) is 14.5. The Morgan fingerprint density at radius 1 is 1.45 bits per heavy atom. The van der Waals surface area contributed by atoms with Crippen LogP contribution in [0.2, 0.25) is 5.02 Å². The van der Waals surface area contributed by atoms with Crippen LogP contribution < -0.4 is 5.32 Å². The standard InChI is InChI=1S/C15H20ClFN2O/c1-2-18-10-11-6-8-19(9-7-11)15(20)14-12(16)4-3-5-13(14)17/h3-5,11,18H,2,6-10H2,1H3. The monoisotopic (exact) mass is 298 g/mol. The number of likely N-dealkylation sites (tertiary alicyclic amines) is 1. The Morgan fingerprint density at radius 2 is 2.15 bits per heavy atom. The highest BCUT2D eigenvalue weighted by molar-refractivity contribution is 6.33. The zero-order valence-electron chi connectivity index (χ0n) is 11.7. The van der Waals surface area contributed by atoms with Crippen LogP contribution >= 0.6 is 11.6 Å². The van der Waals surface area contributed by atoms with E-state index in [-0.39, 0.29) is 16.5 Å². The minimum atomic E-state index is -0.544. The van der Waals surface area contributed by atoms with Crippen molar-refractivity contribution in [3.05, 3.63) is 34.6 Å². The van der Waals surface area contributed by atoms with Crippen LogP contribution in [-0.4, -0.2) is 37.0 Å². The minimum Gasteiger partial charge on any atom is -0.338 e. The van der Waals surface area contributed by atoms with Crippen LogP contribution in [0.25, 0.3) is 0 Å². The zero-order valence-corrected chi connectivity index (χ0v) is 12.4.